The zero-order valence-corrected chi connectivity index (χ0v) is 8.75. The van der Waals surface area contributed by atoms with Gasteiger partial charge in [0, 0.05) is 20.1 Å². The molecule has 1 atom stereocenters. The first-order valence-corrected chi connectivity index (χ1v) is 4.53. The fourth-order valence-corrected chi connectivity index (χ4v) is 1.06. The first kappa shape index (κ1) is 12.8. The molecule has 0 aliphatic rings. The highest BCUT2D eigenvalue weighted by Crippen LogP contribution is 2.16. The van der Waals surface area contributed by atoms with Gasteiger partial charge in [-0.3, -0.25) is 0 Å². The van der Waals surface area contributed by atoms with Gasteiger partial charge >= 0.3 is 0 Å². The first-order valence-electron chi connectivity index (χ1n) is 4.53. The second-order valence-corrected chi connectivity index (χ2v) is 3.62. The molecule has 0 aromatic carbocycles. The zero-order valence-electron chi connectivity index (χ0n) is 8.75. The fourth-order valence-electron chi connectivity index (χ4n) is 1.06. The molecule has 0 rings (SSSR count). The van der Waals surface area contributed by atoms with Gasteiger partial charge in [-0.2, -0.15) is 0 Å². The minimum atomic E-state index is -0.223. The molecule has 13 heavy (non-hydrogen) atoms. The van der Waals surface area contributed by atoms with E-state index in [4.69, 9.17) is 20.3 Å². The second kappa shape index (κ2) is 6.32. The van der Waals surface area contributed by atoms with Crippen molar-refractivity contribution in [3.05, 3.63) is 0 Å². The molecule has 0 aromatic rings. The lowest BCUT2D eigenvalue weighted by atomic mass is 10.0. The largest absolute Gasteiger partial charge is 0.394 e. The lowest BCUT2D eigenvalue weighted by Gasteiger charge is -2.27. The van der Waals surface area contributed by atoms with E-state index in [1.165, 1.54) is 0 Å². The predicted octanol–water partition coefficient (Wildman–Crippen LogP) is 0.138. The Balaban J connectivity index is 3.82. The minimum Gasteiger partial charge on any atom is -0.394 e. The molecule has 0 aromatic heterocycles. The highest BCUT2D eigenvalue weighted by molar-refractivity contribution is 4.74. The van der Waals surface area contributed by atoms with Crippen molar-refractivity contribution in [1.82, 2.24) is 0 Å². The van der Waals surface area contributed by atoms with Crippen LogP contribution in [0.2, 0.25) is 0 Å². The smallest absolute Gasteiger partial charge is 0.0725 e. The minimum absolute atomic E-state index is 0.0317. The lowest BCUT2D eigenvalue weighted by molar-refractivity contribution is -0.0468. The Morgan fingerprint density at radius 2 is 2.08 bits per heavy atom. The Morgan fingerprint density at radius 3 is 2.46 bits per heavy atom. The summed E-state index contributed by atoms with van der Waals surface area (Å²) in [5, 5.41) is 8.57. The third-order valence-corrected chi connectivity index (χ3v) is 1.98. The number of rotatable bonds is 7. The van der Waals surface area contributed by atoms with Crippen LogP contribution >= 0.6 is 0 Å². The van der Waals surface area contributed by atoms with Crippen molar-refractivity contribution < 1.29 is 14.6 Å². The normalized spacial score (nSPS) is 14.5. The third-order valence-electron chi connectivity index (χ3n) is 1.98. The highest BCUT2D eigenvalue weighted by Gasteiger charge is 2.22. The van der Waals surface area contributed by atoms with Crippen LogP contribution in [0, 0.1) is 0 Å². The van der Waals surface area contributed by atoms with Gasteiger partial charge in [-0.25, -0.2) is 0 Å². The molecule has 0 spiro atoms. The van der Waals surface area contributed by atoms with Crippen LogP contribution in [-0.4, -0.2) is 43.7 Å². The molecular weight excluding hydrogens is 170 g/mol. The van der Waals surface area contributed by atoms with Gasteiger partial charge in [0.2, 0.25) is 0 Å². The van der Waals surface area contributed by atoms with E-state index < -0.39 is 0 Å². The maximum absolute atomic E-state index is 8.57. The number of aliphatic hydroxyl groups is 1. The summed E-state index contributed by atoms with van der Waals surface area (Å²) in [5.41, 5.74) is 5.29. The third kappa shape index (κ3) is 5.99. The van der Waals surface area contributed by atoms with Gasteiger partial charge in [-0.1, -0.05) is 0 Å². The summed E-state index contributed by atoms with van der Waals surface area (Å²) >= 11 is 0. The number of methoxy groups -OCH3 is 1. The van der Waals surface area contributed by atoms with Crippen molar-refractivity contribution in [1.29, 1.82) is 0 Å². The van der Waals surface area contributed by atoms with E-state index >= 15 is 0 Å². The van der Waals surface area contributed by atoms with Crippen molar-refractivity contribution in [3.8, 4) is 0 Å². The molecule has 4 heteroatoms. The molecule has 0 aliphatic heterocycles. The van der Waals surface area contributed by atoms with E-state index in [1.54, 1.807) is 7.11 Å². The van der Waals surface area contributed by atoms with Crippen LogP contribution in [0.3, 0.4) is 0 Å². The van der Waals surface area contributed by atoms with Crippen LogP contribution in [-0.2, 0) is 9.47 Å². The number of aliphatic hydroxyl groups excluding tert-OH is 1. The Hall–Kier alpha value is -0.160. The molecule has 4 nitrogen and oxygen atoms in total. The molecule has 80 valence electrons. The standard InChI is InChI=1S/C9H21NO3/c1-9(2,12-3)6-8(7-10)13-5-4-11/h8,11H,4-7,10H2,1-3H3. The van der Waals surface area contributed by atoms with Gasteiger partial charge in [0.25, 0.3) is 0 Å². The molecule has 0 saturated heterocycles. The van der Waals surface area contributed by atoms with E-state index in [-0.39, 0.29) is 18.3 Å². The fraction of sp³-hybridized carbons (Fsp3) is 1.00. The van der Waals surface area contributed by atoms with E-state index in [0.29, 0.717) is 13.2 Å². The molecule has 0 fully saturated rings. The van der Waals surface area contributed by atoms with Crippen molar-refractivity contribution >= 4 is 0 Å². The molecule has 1 unspecified atom stereocenters. The lowest BCUT2D eigenvalue weighted by Crippen LogP contribution is -2.35. The molecule has 0 saturated carbocycles. The summed E-state index contributed by atoms with van der Waals surface area (Å²) in [6.45, 7) is 4.79. The summed E-state index contributed by atoms with van der Waals surface area (Å²) in [4.78, 5) is 0. The quantitative estimate of drug-likeness (QED) is 0.600. The maximum Gasteiger partial charge on any atom is 0.0725 e. The Bertz CT molecular complexity index is 128. The van der Waals surface area contributed by atoms with Gasteiger partial charge in [0.15, 0.2) is 0 Å². The monoisotopic (exact) mass is 191 g/mol. The number of ether oxygens (including phenoxy) is 2. The average molecular weight is 191 g/mol. The summed E-state index contributed by atoms with van der Waals surface area (Å²) in [6, 6.07) is 0. The number of nitrogens with two attached hydrogens (primary N) is 1. The SMILES string of the molecule is COC(C)(C)CC(CN)OCCO. The van der Waals surface area contributed by atoms with Crippen molar-refractivity contribution in [2.24, 2.45) is 5.73 Å². The Morgan fingerprint density at radius 1 is 1.46 bits per heavy atom. The van der Waals surface area contributed by atoms with E-state index in [1.807, 2.05) is 13.8 Å². The van der Waals surface area contributed by atoms with Gasteiger partial charge in [0.05, 0.1) is 24.9 Å². The molecule has 0 amide bonds. The summed E-state index contributed by atoms with van der Waals surface area (Å²) in [5.74, 6) is 0. The van der Waals surface area contributed by atoms with E-state index in [9.17, 15) is 0 Å². The molecule has 0 radical (unpaired) electrons. The van der Waals surface area contributed by atoms with Crippen LogP contribution in [0.15, 0.2) is 0 Å². The average Bonchev–Trinajstić information content (AvgIpc) is 2.12. The van der Waals surface area contributed by atoms with Crippen LogP contribution in [0.1, 0.15) is 20.3 Å². The molecule has 3 N–H and O–H groups in total. The van der Waals surface area contributed by atoms with Crippen molar-refractivity contribution in [2.45, 2.75) is 32.0 Å². The van der Waals surface area contributed by atoms with Crippen molar-refractivity contribution in [3.63, 3.8) is 0 Å². The summed E-state index contributed by atoms with van der Waals surface area (Å²) in [7, 11) is 1.67. The van der Waals surface area contributed by atoms with Gasteiger partial charge in [0.1, 0.15) is 0 Å². The summed E-state index contributed by atoms with van der Waals surface area (Å²) in [6.07, 6.45) is 0.696. The highest BCUT2D eigenvalue weighted by atomic mass is 16.5. The zero-order chi connectivity index (χ0) is 10.3. The van der Waals surface area contributed by atoms with Gasteiger partial charge < -0.3 is 20.3 Å². The van der Waals surface area contributed by atoms with Gasteiger partial charge in [-0.05, 0) is 13.8 Å². The Labute approximate surface area is 80.0 Å². The summed E-state index contributed by atoms with van der Waals surface area (Å²) < 4.78 is 10.6. The topological polar surface area (TPSA) is 64.7 Å². The first-order chi connectivity index (χ1) is 6.05. The van der Waals surface area contributed by atoms with Crippen LogP contribution < -0.4 is 5.73 Å². The second-order valence-electron chi connectivity index (χ2n) is 3.62. The number of hydrogen-bond donors (Lipinski definition) is 2. The molecular formula is C9H21NO3. The maximum atomic E-state index is 8.57. The van der Waals surface area contributed by atoms with E-state index in [0.717, 1.165) is 6.42 Å². The van der Waals surface area contributed by atoms with Crippen molar-refractivity contribution in [2.75, 3.05) is 26.9 Å². The van der Waals surface area contributed by atoms with Crippen LogP contribution in [0.25, 0.3) is 0 Å². The predicted molar refractivity (Wildman–Crippen MR) is 51.6 cm³/mol. The Kier molecular flexibility index (Phi) is 6.24. The number of hydrogen-bond acceptors (Lipinski definition) is 4. The van der Waals surface area contributed by atoms with Crippen LogP contribution in [0.4, 0.5) is 0 Å². The molecule has 0 heterocycles. The molecule has 0 aliphatic carbocycles. The van der Waals surface area contributed by atoms with E-state index in [2.05, 4.69) is 0 Å². The molecule has 0 bridgehead atoms. The van der Waals surface area contributed by atoms with Crippen LogP contribution in [0.5, 0.6) is 0 Å². The van der Waals surface area contributed by atoms with Gasteiger partial charge in [-0.15, -0.1) is 0 Å².